The van der Waals surface area contributed by atoms with Crippen LogP contribution in [0.4, 0.5) is 0 Å². The highest BCUT2D eigenvalue weighted by Crippen LogP contribution is 2.49. The van der Waals surface area contributed by atoms with Gasteiger partial charge in [0.1, 0.15) is 0 Å². The molecule has 0 spiro atoms. The topological polar surface area (TPSA) is 49.8 Å². The summed E-state index contributed by atoms with van der Waals surface area (Å²) in [6, 6.07) is 0. The van der Waals surface area contributed by atoms with E-state index in [9.17, 15) is 9.90 Å². The SMILES string of the molecule is COC(=O)[C@@H](CN(C)C)C1CCC(C)=C2CC[C@@](C)(O)C2C1. The van der Waals surface area contributed by atoms with Gasteiger partial charge >= 0.3 is 5.97 Å². The molecule has 0 aromatic carbocycles. The third-order valence-corrected chi connectivity index (χ3v) is 5.68. The molecule has 0 heterocycles. The van der Waals surface area contributed by atoms with Crippen molar-refractivity contribution < 1.29 is 14.6 Å². The number of hydrogen-bond acceptors (Lipinski definition) is 4. The Kier molecular flexibility index (Phi) is 5.33. The van der Waals surface area contributed by atoms with Gasteiger partial charge in [0.05, 0.1) is 18.6 Å². The van der Waals surface area contributed by atoms with Gasteiger partial charge in [-0.15, -0.1) is 0 Å². The molecule has 4 atom stereocenters. The van der Waals surface area contributed by atoms with Crippen molar-refractivity contribution in [1.82, 2.24) is 4.90 Å². The first-order valence-corrected chi connectivity index (χ1v) is 8.39. The number of carbonyl (C=O) groups is 1. The second-order valence-electron chi connectivity index (χ2n) is 7.64. The molecule has 0 bridgehead atoms. The van der Waals surface area contributed by atoms with E-state index in [1.54, 1.807) is 0 Å². The van der Waals surface area contributed by atoms with Crippen molar-refractivity contribution in [2.24, 2.45) is 17.8 Å². The third-order valence-electron chi connectivity index (χ3n) is 5.68. The molecule has 1 N–H and O–H groups in total. The number of fused-ring (bicyclic) bond motifs is 1. The molecule has 0 aromatic heterocycles. The predicted octanol–water partition coefficient (Wildman–Crippen LogP) is 2.61. The average molecular weight is 309 g/mol. The first kappa shape index (κ1) is 17.5. The van der Waals surface area contributed by atoms with E-state index in [1.807, 2.05) is 21.0 Å². The molecule has 0 saturated heterocycles. The Balaban J connectivity index is 2.23. The van der Waals surface area contributed by atoms with Gasteiger partial charge in [-0.05, 0) is 66.0 Å². The molecule has 1 saturated carbocycles. The Labute approximate surface area is 134 Å². The summed E-state index contributed by atoms with van der Waals surface area (Å²) in [6.07, 6.45) is 4.79. The van der Waals surface area contributed by atoms with Crippen LogP contribution in [0.1, 0.15) is 46.0 Å². The smallest absolute Gasteiger partial charge is 0.310 e. The summed E-state index contributed by atoms with van der Waals surface area (Å²) in [5.74, 6) is 0.257. The number of rotatable bonds is 4. The zero-order chi connectivity index (χ0) is 16.5. The number of carbonyl (C=O) groups excluding carboxylic acids is 1. The van der Waals surface area contributed by atoms with E-state index in [0.29, 0.717) is 6.54 Å². The zero-order valence-corrected chi connectivity index (χ0v) is 14.7. The summed E-state index contributed by atoms with van der Waals surface area (Å²) >= 11 is 0. The highest BCUT2D eigenvalue weighted by Gasteiger charge is 2.45. The molecular formula is C18H31NO3. The minimum Gasteiger partial charge on any atom is -0.469 e. The van der Waals surface area contributed by atoms with Gasteiger partial charge in [0.2, 0.25) is 0 Å². The molecule has 0 amide bonds. The second kappa shape index (κ2) is 6.71. The molecule has 4 heteroatoms. The fraction of sp³-hybridized carbons (Fsp3) is 0.833. The van der Waals surface area contributed by atoms with E-state index >= 15 is 0 Å². The van der Waals surface area contributed by atoms with E-state index in [0.717, 1.165) is 32.1 Å². The van der Waals surface area contributed by atoms with Gasteiger partial charge in [-0.2, -0.15) is 0 Å². The lowest BCUT2D eigenvalue weighted by Crippen LogP contribution is -2.38. The third kappa shape index (κ3) is 3.54. The Morgan fingerprint density at radius 1 is 1.45 bits per heavy atom. The highest BCUT2D eigenvalue weighted by atomic mass is 16.5. The quantitative estimate of drug-likeness (QED) is 0.640. The van der Waals surface area contributed by atoms with Crippen LogP contribution in [-0.4, -0.2) is 49.3 Å². The lowest BCUT2D eigenvalue weighted by molar-refractivity contribution is -0.148. The molecule has 2 aliphatic rings. The number of ether oxygens (including phenoxy) is 1. The van der Waals surface area contributed by atoms with Crippen LogP contribution in [0.25, 0.3) is 0 Å². The maximum atomic E-state index is 12.3. The largest absolute Gasteiger partial charge is 0.469 e. The zero-order valence-electron chi connectivity index (χ0n) is 14.7. The van der Waals surface area contributed by atoms with E-state index in [4.69, 9.17) is 4.74 Å². The van der Waals surface area contributed by atoms with Gasteiger partial charge < -0.3 is 14.7 Å². The second-order valence-corrected chi connectivity index (χ2v) is 7.64. The molecule has 2 rings (SSSR count). The maximum Gasteiger partial charge on any atom is 0.310 e. The fourth-order valence-electron chi connectivity index (χ4n) is 4.33. The molecule has 0 aromatic rings. The Morgan fingerprint density at radius 3 is 2.73 bits per heavy atom. The van der Waals surface area contributed by atoms with Gasteiger partial charge in [0.15, 0.2) is 0 Å². The molecule has 2 aliphatic carbocycles. The lowest BCUT2D eigenvalue weighted by atomic mass is 9.78. The summed E-state index contributed by atoms with van der Waals surface area (Å²) in [5, 5.41) is 10.7. The van der Waals surface area contributed by atoms with Gasteiger partial charge in [0.25, 0.3) is 0 Å². The van der Waals surface area contributed by atoms with Gasteiger partial charge in [-0.1, -0.05) is 11.1 Å². The van der Waals surface area contributed by atoms with Crippen LogP contribution >= 0.6 is 0 Å². The summed E-state index contributed by atoms with van der Waals surface area (Å²) in [5.41, 5.74) is 2.25. The summed E-state index contributed by atoms with van der Waals surface area (Å²) < 4.78 is 5.06. The van der Waals surface area contributed by atoms with Crippen LogP contribution in [0.5, 0.6) is 0 Å². The van der Waals surface area contributed by atoms with Crippen molar-refractivity contribution in [1.29, 1.82) is 0 Å². The van der Waals surface area contributed by atoms with Crippen LogP contribution in [0.3, 0.4) is 0 Å². The van der Waals surface area contributed by atoms with Crippen molar-refractivity contribution in [3.8, 4) is 0 Å². The minimum atomic E-state index is -0.627. The number of hydrogen-bond donors (Lipinski definition) is 1. The summed E-state index contributed by atoms with van der Waals surface area (Å²) in [4.78, 5) is 14.3. The molecule has 126 valence electrons. The van der Waals surface area contributed by atoms with Crippen molar-refractivity contribution in [3.63, 3.8) is 0 Å². The molecular weight excluding hydrogens is 278 g/mol. The van der Waals surface area contributed by atoms with Gasteiger partial charge in [-0.25, -0.2) is 0 Å². The van der Waals surface area contributed by atoms with Crippen LogP contribution in [0.2, 0.25) is 0 Å². The van der Waals surface area contributed by atoms with E-state index in [1.165, 1.54) is 18.3 Å². The summed E-state index contributed by atoms with van der Waals surface area (Å²) in [6.45, 7) is 4.87. The number of methoxy groups -OCH3 is 1. The van der Waals surface area contributed by atoms with Crippen molar-refractivity contribution in [2.75, 3.05) is 27.7 Å². The van der Waals surface area contributed by atoms with Crippen molar-refractivity contribution >= 4 is 5.97 Å². The molecule has 2 unspecified atom stereocenters. The standard InChI is InChI=1S/C18H31NO3/c1-12-6-7-13(15(11-19(3)4)17(20)22-5)10-16-14(12)8-9-18(16,2)21/h13,15-16,21H,6-11H2,1-5H3/t13?,15-,16?,18+/m0/s1. The molecule has 0 radical (unpaired) electrons. The van der Waals surface area contributed by atoms with Crippen LogP contribution in [0, 0.1) is 17.8 Å². The van der Waals surface area contributed by atoms with Crippen molar-refractivity contribution in [2.45, 2.75) is 51.6 Å². The molecule has 4 nitrogen and oxygen atoms in total. The Morgan fingerprint density at radius 2 is 2.14 bits per heavy atom. The fourth-order valence-corrected chi connectivity index (χ4v) is 4.33. The summed E-state index contributed by atoms with van der Waals surface area (Å²) in [7, 11) is 5.46. The number of esters is 1. The normalized spacial score (nSPS) is 33.6. The monoisotopic (exact) mass is 309 g/mol. The van der Waals surface area contributed by atoms with Crippen LogP contribution < -0.4 is 0 Å². The average Bonchev–Trinajstić information content (AvgIpc) is 2.64. The lowest BCUT2D eigenvalue weighted by Gasteiger charge is -2.32. The molecule has 22 heavy (non-hydrogen) atoms. The number of aliphatic hydroxyl groups is 1. The Bertz CT molecular complexity index is 453. The molecule has 0 aliphatic heterocycles. The minimum absolute atomic E-state index is 0.108. The van der Waals surface area contributed by atoms with Crippen LogP contribution in [-0.2, 0) is 9.53 Å². The van der Waals surface area contributed by atoms with E-state index < -0.39 is 5.60 Å². The predicted molar refractivity (Wildman–Crippen MR) is 87.4 cm³/mol. The van der Waals surface area contributed by atoms with E-state index in [-0.39, 0.29) is 23.7 Å². The number of nitrogens with zero attached hydrogens (tertiary/aromatic N) is 1. The first-order valence-electron chi connectivity index (χ1n) is 8.39. The first-order chi connectivity index (χ1) is 10.3. The molecule has 1 fully saturated rings. The Hall–Kier alpha value is -0.870. The number of allylic oxidation sites excluding steroid dienone is 1. The van der Waals surface area contributed by atoms with E-state index in [2.05, 4.69) is 11.8 Å². The van der Waals surface area contributed by atoms with Gasteiger partial charge in [-0.3, -0.25) is 4.79 Å². The van der Waals surface area contributed by atoms with Crippen LogP contribution in [0.15, 0.2) is 11.1 Å². The van der Waals surface area contributed by atoms with Crippen molar-refractivity contribution in [3.05, 3.63) is 11.1 Å². The maximum absolute atomic E-state index is 12.3. The highest BCUT2D eigenvalue weighted by molar-refractivity contribution is 5.73. The van der Waals surface area contributed by atoms with Gasteiger partial charge in [0, 0.05) is 12.5 Å².